The summed E-state index contributed by atoms with van der Waals surface area (Å²) in [5, 5.41) is 12.5. The Morgan fingerprint density at radius 1 is 1.14 bits per heavy atom. The van der Waals surface area contributed by atoms with Crippen molar-refractivity contribution in [3.63, 3.8) is 0 Å². The number of nitrogens with zero attached hydrogens (tertiary/aromatic N) is 1. The third kappa shape index (κ3) is 3.69. The number of amides is 2. The second-order valence-electron chi connectivity index (χ2n) is 6.53. The average Bonchev–Trinajstić information content (AvgIpc) is 3.01. The first-order valence-electron chi connectivity index (χ1n) is 8.37. The lowest BCUT2D eigenvalue weighted by Gasteiger charge is -2.35. The van der Waals surface area contributed by atoms with E-state index in [1.165, 1.54) is 12.8 Å². The Bertz CT molecular complexity index is 372. The lowest BCUT2D eigenvalue weighted by Crippen LogP contribution is -2.50. The Labute approximate surface area is 127 Å². The van der Waals surface area contributed by atoms with Crippen LogP contribution in [0, 0.1) is 5.41 Å². The normalized spacial score (nSPS) is 22.0. The van der Waals surface area contributed by atoms with E-state index in [1.54, 1.807) is 0 Å². The van der Waals surface area contributed by atoms with Gasteiger partial charge in [0.2, 0.25) is 0 Å². The minimum atomic E-state index is -0.758. The molecule has 2 amide bonds. The molecule has 0 spiro atoms. The van der Waals surface area contributed by atoms with Crippen molar-refractivity contribution in [1.29, 1.82) is 0 Å². The lowest BCUT2D eigenvalue weighted by atomic mass is 9.74. The molecule has 0 atom stereocenters. The van der Waals surface area contributed by atoms with Gasteiger partial charge in [0.15, 0.2) is 0 Å². The fourth-order valence-corrected chi connectivity index (χ4v) is 3.82. The van der Waals surface area contributed by atoms with Gasteiger partial charge >= 0.3 is 12.0 Å². The highest BCUT2D eigenvalue weighted by Gasteiger charge is 2.40. The quantitative estimate of drug-likeness (QED) is 0.819. The molecule has 2 rings (SSSR count). The van der Waals surface area contributed by atoms with Gasteiger partial charge in [-0.3, -0.25) is 4.79 Å². The van der Waals surface area contributed by atoms with E-state index in [0.717, 1.165) is 32.1 Å². The van der Waals surface area contributed by atoms with Gasteiger partial charge in [-0.05, 0) is 32.6 Å². The SMILES string of the molecule is CCN(C(=O)NCC1(C(=O)O)CCCCC1)C1CCCC1. The molecule has 0 radical (unpaired) electrons. The second kappa shape index (κ2) is 7.14. The Morgan fingerprint density at radius 3 is 2.29 bits per heavy atom. The van der Waals surface area contributed by atoms with Crippen LogP contribution in [0.25, 0.3) is 0 Å². The monoisotopic (exact) mass is 296 g/mol. The molecule has 2 fully saturated rings. The largest absolute Gasteiger partial charge is 0.481 e. The smallest absolute Gasteiger partial charge is 0.317 e. The number of rotatable bonds is 5. The van der Waals surface area contributed by atoms with Crippen molar-refractivity contribution in [3.8, 4) is 0 Å². The van der Waals surface area contributed by atoms with E-state index in [1.807, 2.05) is 11.8 Å². The zero-order valence-corrected chi connectivity index (χ0v) is 13.1. The Morgan fingerprint density at radius 2 is 1.76 bits per heavy atom. The van der Waals surface area contributed by atoms with E-state index < -0.39 is 11.4 Å². The first-order valence-corrected chi connectivity index (χ1v) is 8.37. The van der Waals surface area contributed by atoms with E-state index in [9.17, 15) is 14.7 Å². The Balaban J connectivity index is 1.92. The van der Waals surface area contributed by atoms with Crippen LogP contribution in [-0.4, -0.2) is 41.1 Å². The Kier molecular flexibility index (Phi) is 5.48. The van der Waals surface area contributed by atoms with Crippen LogP contribution in [0.3, 0.4) is 0 Å². The molecular weight excluding hydrogens is 268 g/mol. The van der Waals surface area contributed by atoms with E-state index in [2.05, 4.69) is 5.32 Å². The molecule has 5 nitrogen and oxygen atoms in total. The van der Waals surface area contributed by atoms with Gasteiger partial charge in [-0.2, -0.15) is 0 Å². The average molecular weight is 296 g/mol. The minimum absolute atomic E-state index is 0.0874. The predicted molar refractivity (Wildman–Crippen MR) is 81.2 cm³/mol. The predicted octanol–water partition coefficient (Wildman–Crippen LogP) is 3.00. The third-order valence-electron chi connectivity index (χ3n) is 5.21. The summed E-state index contributed by atoms with van der Waals surface area (Å²) >= 11 is 0. The summed E-state index contributed by atoms with van der Waals surface area (Å²) in [6.07, 6.45) is 8.88. The van der Waals surface area contributed by atoms with Crippen LogP contribution in [-0.2, 0) is 4.79 Å². The number of carbonyl (C=O) groups excluding carboxylic acids is 1. The molecule has 0 aliphatic heterocycles. The number of urea groups is 1. The highest BCUT2D eigenvalue weighted by Crippen LogP contribution is 2.36. The number of carboxylic acids is 1. The maximum absolute atomic E-state index is 12.4. The van der Waals surface area contributed by atoms with Crippen LogP contribution >= 0.6 is 0 Å². The molecule has 2 aliphatic rings. The van der Waals surface area contributed by atoms with Crippen LogP contribution in [0.15, 0.2) is 0 Å². The molecular formula is C16H28N2O3. The van der Waals surface area contributed by atoms with Crippen LogP contribution in [0.5, 0.6) is 0 Å². The van der Waals surface area contributed by atoms with E-state index >= 15 is 0 Å². The van der Waals surface area contributed by atoms with Crippen molar-refractivity contribution < 1.29 is 14.7 Å². The molecule has 0 bridgehead atoms. The van der Waals surface area contributed by atoms with Crippen LogP contribution in [0.2, 0.25) is 0 Å². The molecule has 0 aromatic carbocycles. The third-order valence-corrected chi connectivity index (χ3v) is 5.21. The van der Waals surface area contributed by atoms with Gasteiger partial charge in [0.05, 0.1) is 5.41 Å². The van der Waals surface area contributed by atoms with Crippen LogP contribution in [0.1, 0.15) is 64.7 Å². The van der Waals surface area contributed by atoms with Crippen molar-refractivity contribution in [2.45, 2.75) is 70.8 Å². The van der Waals surface area contributed by atoms with Gasteiger partial charge in [0, 0.05) is 19.1 Å². The van der Waals surface area contributed by atoms with Crippen LogP contribution in [0.4, 0.5) is 4.79 Å². The standard InChI is InChI=1S/C16H28N2O3/c1-2-18(13-8-4-5-9-13)15(21)17-12-16(14(19)20)10-6-3-7-11-16/h13H,2-12H2,1H3,(H,17,21)(H,19,20). The van der Waals surface area contributed by atoms with E-state index in [0.29, 0.717) is 25.4 Å². The molecule has 2 saturated carbocycles. The summed E-state index contributed by atoms with van der Waals surface area (Å²) in [4.78, 5) is 25.9. The summed E-state index contributed by atoms with van der Waals surface area (Å²) in [5.74, 6) is -0.758. The zero-order valence-electron chi connectivity index (χ0n) is 13.1. The number of hydrogen-bond donors (Lipinski definition) is 2. The molecule has 0 aromatic heterocycles. The molecule has 21 heavy (non-hydrogen) atoms. The van der Waals surface area contributed by atoms with Crippen LogP contribution < -0.4 is 5.32 Å². The summed E-state index contributed by atoms with van der Waals surface area (Å²) in [5.41, 5.74) is -0.747. The van der Waals surface area contributed by atoms with Crippen molar-refractivity contribution in [2.24, 2.45) is 5.41 Å². The van der Waals surface area contributed by atoms with E-state index in [4.69, 9.17) is 0 Å². The minimum Gasteiger partial charge on any atom is -0.481 e. The number of aliphatic carboxylic acids is 1. The van der Waals surface area contributed by atoms with Crippen molar-refractivity contribution in [1.82, 2.24) is 10.2 Å². The van der Waals surface area contributed by atoms with Crippen molar-refractivity contribution in [2.75, 3.05) is 13.1 Å². The first kappa shape index (κ1) is 16.1. The maximum atomic E-state index is 12.4. The summed E-state index contributed by atoms with van der Waals surface area (Å²) < 4.78 is 0. The molecule has 0 aromatic rings. The fourth-order valence-electron chi connectivity index (χ4n) is 3.82. The molecule has 2 aliphatic carbocycles. The highest BCUT2D eigenvalue weighted by molar-refractivity contribution is 5.78. The molecule has 5 heteroatoms. The van der Waals surface area contributed by atoms with Crippen molar-refractivity contribution in [3.05, 3.63) is 0 Å². The highest BCUT2D eigenvalue weighted by atomic mass is 16.4. The summed E-state index contributed by atoms with van der Waals surface area (Å²) in [6, 6.07) is 0.248. The zero-order chi connectivity index (χ0) is 15.3. The molecule has 2 N–H and O–H groups in total. The van der Waals surface area contributed by atoms with Gasteiger partial charge in [-0.1, -0.05) is 32.1 Å². The molecule has 0 saturated heterocycles. The molecule has 120 valence electrons. The van der Waals surface area contributed by atoms with Gasteiger partial charge < -0.3 is 15.3 Å². The molecule has 0 unspecified atom stereocenters. The molecule has 0 heterocycles. The summed E-state index contributed by atoms with van der Waals surface area (Å²) in [6.45, 7) is 2.95. The van der Waals surface area contributed by atoms with Gasteiger partial charge in [-0.25, -0.2) is 4.79 Å². The van der Waals surface area contributed by atoms with Gasteiger partial charge in [0.1, 0.15) is 0 Å². The number of carbonyl (C=O) groups is 2. The Hall–Kier alpha value is -1.26. The maximum Gasteiger partial charge on any atom is 0.317 e. The summed E-state index contributed by atoms with van der Waals surface area (Å²) in [7, 11) is 0. The first-order chi connectivity index (χ1) is 10.1. The number of nitrogens with one attached hydrogen (secondary N) is 1. The topological polar surface area (TPSA) is 69.6 Å². The lowest BCUT2D eigenvalue weighted by molar-refractivity contribution is -0.150. The van der Waals surface area contributed by atoms with Crippen molar-refractivity contribution >= 4 is 12.0 Å². The van der Waals surface area contributed by atoms with Gasteiger partial charge in [0.25, 0.3) is 0 Å². The van der Waals surface area contributed by atoms with E-state index in [-0.39, 0.29) is 12.6 Å². The number of hydrogen-bond acceptors (Lipinski definition) is 2. The fraction of sp³-hybridized carbons (Fsp3) is 0.875. The second-order valence-corrected chi connectivity index (χ2v) is 6.53. The number of carboxylic acid groups (broad SMARTS) is 1. The van der Waals surface area contributed by atoms with Gasteiger partial charge in [-0.15, -0.1) is 0 Å².